The molecule has 0 saturated heterocycles. The van der Waals surface area contributed by atoms with Gasteiger partial charge in [0.1, 0.15) is 12.2 Å². The summed E-state index contributed by atoms with van der Waals surface area (Å²) in [4.78, 5) is 0. The molecule has 1 rings (SSSR count). The van der Waals surface area contributed by atoms with E-state index in [1.165, 1.54) is 0 Å². The third-order valence-electron chi connectivity index (χ3n) is 2.55. The highest BCUT2D eigenvalue weighted by Crippen LogP contribution is 2.09. The summed E-state index contributed by atoms with van der Waals surface area (Å²) >= 11 is 3.79. The Morgan fingerprint density at radius 1 is 0.714 bits per heavy atom. The summed E-state index contributed by atoms with van der Waals surface area (Å²) < 4.78 is 0.647. The number of alkyl halides is 2. The van der Waals surface area contributed by atoms with Crippen LogP contribution in [0, 0.1) is 0 Å². The van der Waals surface area contributed by atoms with Crippen molar-refractivity contribution < 1.29 is 30.6 Å². The lowest BCUT2D eigenvalue weighted by molar-refractivity contribution is -0.0908. The molecule has 0 spiro atoms. The lowest BCUT2D eigenvalue weighted by Gasteiger charge is -2.24. The Kier molecular flexibility index (Phi) is 12.2. The van der Waals surface area contributed by atoms with E-state index in [4.69, 9.17) is 20.4 Å². The molecule has 4 unspecified atom stereocenters. The second-order valence-electron chi connectivity index (χ2n) is 4.21. The van der Waals surface area contributed by atoms with Gasteiger partial charge in [-0.3, -0.25) is 0 Å². The van der Waals surface area contributed by atoms with Crippen LogP contribution < -0.4 is 0 Å². The van der Waals surface area contributed by atoms with Crippen molar-refractivity contribution in [1.29, 1.82) is 0 Å². The normalized spacial score (nSPS) is 16.6. The van der Waals surface area contributed by atoms with Crippen molar-refractivity contribution in [3.63, 3.8) is 0 Å². The Balaban J connectivity index is 0.000000394. The van der Waals surface area contributed by atoms with Crippen molar-refractivity contribution in [3.8, 4) is 0 Å². The van der Waals surface area contributed by atoms with Crippen LogP contribution in [-0.4, -0.2) is 63.9 Å². The first kappa shape index (κ1) is 21.4. The minimum atomic E-state index is -1.34. The highest BCUT2D eigenvalue weighted by atomic mass is 127. The van der Waals surface area contributed by atoms with Gasteiger partial charge >= 0.3 is 0 Å². The van der Waals surface area contributed by atoms with Crippen LogP contribution in [0.1, 0.15) is 11.9 Å². The van der Waals surface area contributed by atoms with E-state index in [1.807, 2.05) is 51.2 Å². The smallest absolute Gasteiger partial charge is 0.178 e. The van der Waals surface area contributed by atoms with Crippen LogP contribution >= 0.6 is 45.2 Å². The second kappa shape index (κ2) is 11.9. The minimum Gasteiger partial charge on any atom is -0.390 e. The average molecular weight is 526 g/mol. The van der Waals surface area contributed by atoms with Crippen LogP contribution in [-0.2, 0) is 0 Å². The highest BCUT2D eigenvalue weighted by molar-refractivity contribution is 14.1. The van der Waals surface area contributed by atoms with E-state index in [2.05, 4.69) is 0 Å². The van der Waals surface area contributed by atoms with Crippen molar-refractivity contribution in [2.45, 2.75) is 30.7 Å². The monoisotopic (exact) mass is 526 g/mol. The zero-order valence-electron chi connectivity index (χ0n) is 11.1. The summed E-state index contributed by atoms with van der Waals surface area (Å²) in [6.45, 7) is 0. The fraction of sp³-hybridized carbons (Fsp3) is 0.538. The molecule has 122 valence electrons. The average Bonchev–Trinajstić information content (AvgIpc) is 2.53. The Bertz CT molecular complexity index is 351. The van der Waals surface area contributed by atoms with Gasteiger partial charge in [-0.2, -0.15) is 0 Å². The van der Waals surface area contributed by atoms with Gasteiger partial charge in [0.15, 0.2) is 6.29 Å². The molecule has 0 aliphatic heterocycles. The van der Waals surface area contributed by atoms with Gasteiger partial charge in [0.25, 0.3) is 0 Å². The van der Waals surface area contributed by atoms with Gasteiger partial charge in [-0.15, -0.1) is 0 Å². The van der Waals surface area contributed by atoms with Gasteiger partial charge in [-0.05, 0) is 0 Å². The van der Waals surface area contributed by atoms with E-state index in [0.29, 0.717) is 14.4 Å². The fourth-order valence-electron chi connectivity index (χ4n) is 1.26. The first-order chi connectivity index (χ1) is 9.84. The Hall–Kier alpha value is 0.440. The quantitative estimate of drug-likeness (QED) is 0.176. The van der Waals surface area contributed by atoms with Gasteiger partial charge in [0, 0.05) is 14.4 Å². The predicted molar refractivity (Wildman–Crippen MR) is 95.4 cm³/mol. The van der Waals surface area contributed by atoms with Crippen LogP contribution in [0.4, 0.5) is 0 Å². The molecule has 0 bridgehead atoms. The van der Waals surface area contributed by atoms with Crippen molar-refractivity contribution in [2.75, 3.05) is 8.86 Å². The molecule has 6 N–H and O–H groups in total. The molecular weight excluding hydrogens is 506 g/mol. The SMILES string of the molecule is OC(CI)C(O)C(O)C(O)CI.OC(O)c1ccccc1. The first-order valence-corrected chi connectivity index (χ1v) is 9.15. The molecule has 1 aromatic rings. The van der Waals surface area contributed by atoms with Crippen LogP contribution in [0.15, 0.2) is 30.3 Å². The number of hydrogen-bond donors (Lipinski definition) is 6. The summed E-state index contributed by atoms with van der Waals surface area (Å²) in [5, 5.41) is 53.8. The number of halogens is 2. The summed E-state index contributed by atoms with van der Waals surface area (Å²) in [7, 11) is 0. The molecule has 4 atom stereocenters. The molecule has 8 heteroatoms. The fourth-order valence-corrected chi connectivity index (χ4v) is 2.30. The molecule has 0 aliphatic carbocycles. The molecule has 0 aromatic heterocycles. The van der Waals surface area contributed by atoms with Crippen LogP contribution in [0.2, 0.25) is 0 Å². The lowest BCUT2D eigenvalue weighted by Crippen LogP contribution is -2.45. The Morgan fingerprint density at radius 2 is 1.10 bits per heavy atom. The summed E-state index contributed by atoms with van der Waals surface area (Å²) in [5.41, 5.74) is 0.525. The molecule has 0 fully saturated rings. The maximum absolute atomic E-state index is 9.22. The third kappa shape index (κ3) is 8.59. The summed E-state index contributed by atoms with van der Waals surface area (Å²) in [6, 6.07) is 8.66. The Morgan fingerprint density at radius 3 is 1.33 bits per heavy atom. The topological polar surface area (TPSA) is 121 Å². The van der Waals surface area contributed by atoms with Crippen LogP contribution in [0.3, 0.4) is 0 Å². The summed E-state index contributed by atoms with van der Waals surface area (Å²) in [5.74, 6) is 0. The van der Waals surface area contributed by atoms with E-state index in [9.17, 15) is 10.2 Å². The summed E-state index contributed by atoms with van der Waals surface area (Å²) in [6.07, 6.45) is -5.86. The van der Waals surface area contributed by atoms with Crippen molar-refractivity contribution in [2.24, 2.45) is 0 Å². The van der Waals surface area contributed by atoms with Crippen LogP contribution in [0.25, 0.3) is 0 Å². The Labute approximate surface area is 150 Å². The number of aliphatic hydroxyl groups excluding tert-OH is 5. The second-order valence-corrected chi connectivity index (χ2v) is 5.97. The molecule has 1 aromatic carbocycles. The largest absolute Gasteiger partial charge is 0.390 e. The van der Waals surface area contributed by atoms with Crippen molar-refractivity contribution in [3.05, 3.63) is 35.9 Å². The van der Waals surface area contributed by atoms with Gasteiger partial charge in [0.2, 0.25) is 0 Å². The van der Waals surface area contributed by atoms with Gasteiger partial charge in [-0.25, -0.2) is 0 Å². The number of benzene rings is 1. The highest BCUT2D eigenvalue weighted by Gasteiger charge is 2.28. The third-order valence-corrected chi connectivity index (χ3v) is 4.36. The van der Waals surface area contributed by atoms with Gasteiger partial charge in [-0.1, -0.05) is 75.5 Å². The standard InChI is InChI=1S/C7H8O2.C6H12I2O4/c8-7(9)6-4-2-1-3-5-6;7-1-3(9)5(11)6(12)4(10)2-8/h1-5,7-9H;3-6,9-12H,1-2H2. The first-order valence-electron chi connectivity index (χ1n) is 6.10. The van der Waals surface area contributed by atoms with E-state index in [1.54, 1.807) is 24.3 Å². The van der Waals surface area contributed by atoms with Gasteiger partial charge < -0.3 is 30.6 Å². The molecular formula is C13H20I2O6. The zero-order valence-corrected chi connectivity index (χ0v) is 15.4. The lowest BCUT2D eigenvalue weighted by atomic mass is 10.1. The maximum Gasteiger partial charge on any atom is 0.178 e. The molecule has 0 aliphatic rings. The van der Waals surface area contributed by atoms with E-state index in [-0.39, 0.29) is 0 Å². The molecule has 0 saturated carbocycles. The van der Waals surface area contributed by atoms with Crippen molar-refractivity contribution >= 4 is 45.2 Å². The number of rotatable bonds is 6. The molecule has 0 radical (unpaired) electrons. The molecule has 21 heavy (non-hydrogen) atoms. The maximum atomic E-state index is 9.22. The zero-order chi connectivity index (χ0) is 16.4. The van der Waals surface area contributed by atoms with E-state index < -0.39 is 30.7 Å². The molecule has 6 nitrogen and oxygen atoms in total. The van der Waals surface area contributed by atoms with E-state index >= 15 is 0 Å². The van der Waals surface area contributed by atoms with Crippen molar-refractivity contribution in [1.82, 2.24) is 0 Å². The molecule has 0 heterocycles. The minimum absolute atomic E-state index is 0.323. The number of hydrogen-bond acceptors (Lipinski definition) is 6. The van der Waals surface area contributed by atoms with Crippen LogP contribution in [0.5, 0.6) is 0 Å². The van der Waals surface area contributed by atoms with E-state index in [0.717, 1.165) is 0 Å². The van der Waals surface area contributed by atoms with Gasteiger partial charge in [0.05, 0.1) is 12.2 Å². The number of aliphatic hydroxyl groups is 6. The molecule has 0 amide bonds. The predicted octanol–water partition coefficient (Wildman–Crippen LogP) is -0.0302.